The lowest BCUT2D eigenvalue weighted by Gasteiger charge is -2.27. The second-order valence-electron chi connectivity index (χ2n) is 6.04. The first-order valence-electron chi connectivity index (χ1n) is 8.09. The molecule has 0 bridgehead atoms. The number of carboxylic acid groups (broad SMARTS) is 1. The van der Waals surface area contributed by atoms with Crippen LogP contribution in [0.5, 0.6) is 5.75 Å². The van der Waals surface area contributed by atoms with E-state index < -0.39 is 18.1 Å². The van der Waals surface area contributed by atoms with E-state index in [1.807, 2.05) is 0 Å². The Hall–Kier alpha value is -2.57. The molecule has 2 aromatic carbocycles. The number of halogens is 1. The summed E-state index contributed by atoms with van der Waals surface area (Å²) in [5, 5.41) is 20.3. The fourth-order valence-corrected chi connectivity index (χ4v) is 3.44. The maximum atomic E-state index is 13.1. The van der Waals surface area contributed by atoms with Gasteiger partial charge in [-0.1, -0.05) is 29.8 Å². The van der Waals surface area contributed by atoms with E-state index in [-0.39, 0.29) is 22.8 Å². The lowest BCUT2D eigenvalue weighted by atomic mass is 10.0. The summed E-state index contributed by atoms with van der Waals surface area (Å²) in [6.07, 6.45) is -0.284. The lowest BCUT2D eigenvalue weighted by molar-refractivity contribution is 0.0634. The first-order valence-corrected chi connectivity index (χ1v) is 8.46. The van der Waals surface area contributed by atoms with E-state index >= 15 is 0 Å². The number of aliphatic hydroxyl groups is 1. The average Bonchev–Trinajstić information content (AvgIpc) is 3.02. The predicted octanol–water partition coefficient (Wildman–Crippen LogP) is 2.99. The van der Waals surface area contributed by atoms with Gasteiger partial charge in [0.15, 0.2) is 0 Å². The molecule has 26 heavy (non-hydrogen) atoms. The van der Waals surface area contributed by atoms with Crippen LogP contribution >= 0.6 is 11.6 Å². The molecule has 2 aromatic rings. The van der Waals surface area contributed by atoms with Crippen LogP contribution in [0.4, 0.5) is 0 Å². The molecule has 1 aliphatic rings. The second-order valence-corrected chi connectivity index (χ2v) is 6.48. The number of amides is 1. The normalized spacial score (nSPS) is 19.4. The van der Waals surface area contributed by atoms with Crippen molar-refractivity contribution in [3.63, 3.8) is 0 Å². The Bertz CT molecular complexity index is 836. The van der Waals surface area contributed by atoms with Crippen LogP contribution in [-0.2, 0) is 0 Å². The van der Waals surface area contributed by atoms with Crippen molar-refractivity contribution in [1.29, 1.82) is 0 Å². The van der Waals surface area contributed by atoms with E-state index in [4.69, 9.17) is 16.3 Å². The van der Waals surface area contributed by atoms with Gasteiger partial charge < -0.3 is 19.8 Å². The summed E-state index contributed by atoms with van der Waals surface area (Å²) in [5.74, 6) is -1.55. The highest BCUT2D eigenvalue weighted by molar-refractivity contribution is 6.30. The predicted molar refractivity (Wildman–Crippen MR) is 95.8 cm³/mol. The lowest BCUT2D eigenvalue weighted by Crippen LogP contribution is -2.33. The summed E-state index contributed by atoms with van der Waals surface area (Å²) >= 11 is 5.92. The molecule has 0 spiro atoms. The highest BCUT2D eigenvalue weighted by Crippen LogP contribution is 2.36. The van der Waals surface area contributed by atoms with Crippen LogP contribution in [0.1, 0.15) is 38.7 Å². The molecule has 1 aliphatic heterocycles. The first-order chi connectivity index (χ1) is 12.4. The van der Waals surface area contributed by atoms with Gasteiger partial charge in [-0.05, 0) is 36.2 Å². The minimum atomic E-state index is -1.17. The number of benzene rings is 2. The maximum Gasteiger partial charge on any atom is 0.339 e. The van der Waals surface area contributed by atoms with E-state index in [0.717, 1.165) is 5.56 Å². The number of likely N-dealkylation sites (tertiary alicyclic amines) is 1. The zero-order valence-electron chi connectivity index (χ0n) is 14.1. The standard InChI is InChI=1S/C19H18ClNO5/c1-26-17-13(3-2-4-14(17)19(24)25)18(23)21-10-9-15(22)16(21)11-5-7-12(20)8-6-11/h2-8,15-16,22H,9-10H2,1H3,(H,24,25)/t15-,16-/m1/s1. The van der Waals surface area contributed by atoms with E-state index in [9.17, 15) is 19.8 Å². The minimum Gasteiger partial charge on any atom is -0.495 e. The van der Waals surface area contributed by atoms with Crippen LogP contribution in [0.15, 0.2) is 42.5 Å². The van der Waals surface area contributed by atoms with Gasteiger partial charge in [0, 0.05) is 11.6 Å². The molecular weight excluding hydrogens is 358 g/mol. The first kappa shape index (κ1) is 18.2. The fourth-order valence-electron chi connectivity index (χ4n) is 3.31. The Labute approximate surface area is 155 Å². The smallest absolute Gasteiger partial charge is 0.339 e. The number of aromatic carboxylic acids is 1. The Kier molecular flexibility index (Phi) is 5.15. The molecule has 2 N–H and O–H groups in total. The van der Waals surface area contributed by atoms with Gasteiger partial charge in [0.1, 0.15) is 11.3 Å². The van der Waals surface area contributed by atoms with E-state index in [1.54, 1.807) is 24.3 Å². The van der Waals surface area contributed by atoms with E-state index in [1.165, 1.54) is 30.2 Å². The number of rotatable bonds is 4. The molecule has 1 amide bonds. The number of carbonyl (C=O) groups is 2. The molecule has 136 valence electrons. The fraction of sp³-hybridized carbons (Fsp3) is 0.263. The van der Waals surface area contributed by atoms with Gasteiger partial charge >= 0.3 is 5.97 Å². The molecule has 3 rings (SSSR count). The molecule has 1 saturated heterocycles. The third-order valence-electron chi connectivity index (χ3n) is 4.52. The number of ether oxygens (including phenoxy) is 1. The van der Waals surface area contributed by atoms with Crippen LogP contribution < -0.4 is 4.74 Å². The van der Waals surface area contributed by atoms with Crippen molar-refractivity contribution in [3.8, 4) is 5.75 Å². The number of carbonyl (C=O) groups excluding carboxylic acids is 1. The van der Waals surface area contributed by atoms with E-state index in [0.29, 0.717) is 18.0 Å². The Morgan fingerprint density at radius 2 is 1.81 bits per heavy atom. The second kappa shape index (κ2) is 7.35. The van der Waals surface area contributed by atoms with Gasteiger partial charge in [-0.25, -0.2) is 4.79 Å². The van der Waals surface area contributed by atoms with Gasteiger partial charge in [-0.3, -0.25) is 4.79 Å². The number of para-hydroxylation sites is 1. The van der Waals surface area contributed by atoms with Crippen molar-refractivity contribution in [1.82, 2.24) is 4.90 Å². The molecule has 0 radical (unpaired) electrons. The molecule has 0 aromatic heterocycles. The molecule has 6 nitrogen and oxygen atoms in total. The number of carboxylic acids is 1. The average molecular weight is 376 g/mol. The highest BCUT2D eigenvalue weighted by atomic mass is 35.5. The summed E-state index contributed by atoms with van der Waals surface area (Å²) < 4.78 is 5.19. The zero-order valence-corrected chi connectivity index (χ0v) is 14.8. The number of methoxy groups -OCH3 is 1. The minimum absolute atomic E-state index is 0.0150. The van der Waals surface area contributed by atoms with Gasteiger partial charge in [0.2, 0.25) is 0 Å². The van der Waals surface area contributed by atoms with Crippen molar-refractivity contribution in [2.75, 3.05) is 13.7 Å². The van der Waals surface area contributed by atoms with Crippen molar-refractivity contribution in [3.05, 3.63) is 64.2 Å². The van der Waals surface area contributed by atoms with Crippen LogP contribution in [-0.4, -0.2) is 46.7 Å². The molecule has 1 heterocycles. The van der Waals surface area contributed by atoms with E-state index in [2.05, 4.69) is 0 Å². The number of nitrogens with zero attached hydrogens (tertiary/aromatic N) is 1. The Morgan fingerprint density at radius 3 is 2.42 bits per heavy atom. The topological polar surface area (TPSA) is 87.1 Å². The molecule has 2 atom stereocenters. The third-order valence-corrected chi connectivity index (χ3v) is 4.77. The van der Waals surface area contributed by atoms with Crippen molar-refractivity contribution in [2.45, 2.75) is 18.6 Å². The quantitative estimate of drug-likeness (QED) is 0.857. The van der Waals surface area contributed by atoms with Gasteiger partial charge in [0.05, 0.1) is 24.8 Å². The zero-order chi connectivity index (χ0) is 18.8. The third kappa shape index (κ3) is 3.25. The Morgan fingerprint density at radius 1 is 1.15 bits per heavy atom. The largest absolute Gasteiger partial charge is 0.495 e. The Balaban J connectivity index is 2.00. The molecular formula is C19H18ClNO5. The highest BCUT2D eigenvalue weighted by Gasteiger charge is 2.38. The van der Waals surface area contributed by atoms with Crippen LogP contribution in [0.3, 0.4) is 0 Å². The van der Waals surface area contributed by atoms with Gasteiger partial charge in [-0.15, -0.1) is 0 Å². The molecule has 0 unspecified atom stereocenters. The number of aliphatic hydroxyl groups excluding tert-OH is 1. The van der Waals surface area contributed by atoms with Crippen molar-refractivity contribution < 1.29 is 24.5 Å². The van der Waals surface area contributed by atoms with Crippen LogP contribution in [0.2, 0.25) is 5.02 Å². The summed E-state index contributed by atoms with van der Waals surface area (Å²) in [6.45, 7) is 0.355. The van der Waals surface area contributed by atoms with Crippen LogP contribution in [0, 0.1) is 0 Å². The molecule has 1 fully saturated rings. The monoisotopic (exact) mass is 375 g/mol. The SMILES string of the molecule is COc1c(C(=O)O)cccc1C(=O)N1CC[C@@H](O)[C@H]1c1ccc(Cl)cc1. The van der Waals surface area contributed by atoms with Crippen molar-refractivity contribution in [2.24, 2.45) is 0 Å². The molecule has 0 aliphatic carbocycles. The van der Waals surface area contributed by atoms with Crippen LogP contribution in [0.25, 0.3) is 0 Å². The maximum absolute atomic E-state index is 13.1. The van der Waals surface area contributed by atoms with Crippen molar-refractivity contribution >= 4 is 23.5 Å². The number of hydrogen-bond donors (Lipinski definition) is 2. The summed E-state index contributed by atoms with van der Waals surface area (Å²) in [4.78, 5) is 26.0. The molecule has 0 saturated carbocycles. The summed E-state index contributed by atoms with van der Waals surface area (Å²) in [5.41, 5.74) is 0.836. The summed E-state index contributed by atoms with van der Waals surface area (Å²) in [7, 11) is 1.33. The van der Waals surface area contributed by atoms with Gasteiger partial charge in [0.25, 0.3) is 5.91 Å². The number of hydrogen-bond acceptors (Lipinski definition) is 4. The van der Waals surface area contributed by atoms with Gasteiger partial charge in [-0.2, -0.15) is 0 Å². The molecule has 7 heteroatoms. The summed E-state index contributed by atoms with van der Waals surface area (Å²) in [6, 6.07) is 10.8.